The Balaban J connectivity index is 4.39. The maximum absolute atomic E-state index is 11.8. The number of hydrogen-bond acceptors (Lipinski definition) is 3. The summed E-state index contributed by atoms with van der Waals surface area (Å²) in [6, 6.07) is -3.38. The number of nitrogens with zero attached hydrogens (tertiary/aromatic N) is 1. The maximum atomic E-state index is 11.8. The fraction of sp³-hybridized carbons (Fsp3) is 0.815. The van der Waals surface area contributed by atoms with Crippen molar-refractivity contribution in [2.75, 3.05) is 6.54 Å². The number of rotatable bonds is 22. The minimum atomic E-state index is -1.18. The summed E-state index contributed by atoms with van der Waals surface area (Å²) in [4.78, 5) is 35.3. The summed E-state index contributed by atoms with van der Waals surface area (Å²) in [5, 5.41) is 28.8. The molecule has 198 valence electrons. The van der Waals surface area contributed by atoms with Crippen molar-refractivity contribution < 1.29 is 34.2 Å². The quantitative estimate of drug-likeness (QED) is 0.0950. The van der Waals surface area contributed by atoms with Crippen LogP contribution in [-0.4, -0.2) is 62.4 Å². The average Bonchev–Trinajstić information content (AvgIpc) is 2.80. The summed E-state index contributed by atoms with van der Waals surface area (Å²) in [5.41, 5.74) is 0. The lowest BCUT2D eigenvalue weighted by Gasteiger charge is -2.47. The van der Waals surface area contributed by atoms with Crippen molar-refractivity contribution >= 4 is 17.9 Å². The third kappa shape index (κ3) is 11.5. The van der Waals surface area contributed by atoms with Gasteiger partial charge < -0.3 is 15.3 Å². The van der Waals surface area contributed by atoms with Gasteiger partial charge in [0, 0.05) is 0 Å². The Morgan fingerprint density at radius 1 is 0.588 bits per heavy atom. The zero-order valence-corrected chi connectivity index (χ0v) is 22.0. The van der Waals surface area contributed by atoms with Gasteiger partial charge in [-0.3, -0.25) is 4.48 Å². The number of allylic oxidation sites excluding steroid dienone is 2. The molecule has 0 spiro atoms. The lowest BCUT2D eigenvalue weighted by atomic mass is 10.00. The van der Waals surface area contributed by atoms with Crippen LogP contribution in [-0.2, 0) is 14.4 Å². The van der Waals surface area contributed by atoms with Crippen LogP contribution >= 0.6 is 0 Å². The van der Waals surface area contributed by atoms with Crippen molar-refractivity contribution in [2.24, 2.45) is 0 Å². The van der Waals surface area contributed by atoms with Gasteiger partial charge in [-0.2, -0.15) is 0 Å². The van der Waals surface area contributed by atoms with Gasteiger partial charge in [-0.25, -0.2) is 14.4 Å². The van der Waals surface area contributed by atoms with E-state index in [1.54, 1.807) is 0 Å². The van der Waals surface area contributed by atoms with Crippen molar-refractivity contribution in [3.05, 3.63) is 12.2 Å². The van der Waals surface area contributed by atoms with Crippen LogP contribution < -0.4 is 0 Å². The number of aliphatic carboxylic acids is 3. The zero-order chi connectivity index (χ0) is 26.0. The van der Waals surface area contributed by atoms with E-state index in [0.717, 1.165) is 38.5 Å². The third-order valence-corrected chi connectivity index (χ3v) is 7.29. The standard InChI is InChI=1S/C27H49NO6/c1-5-6-7-8-9-10-11-12-13-14-15-16-17-18-19-20-21-28(22(2)25(29)30,23(3)26(31)32)24(4)27(33)34/h13-14,22-24H,5-12,15-21H2,1-4H3,(H2-,29,30,31,32,33,34)/p+1/b14-13+. The number of quaternary nitrogens is 1. The SMILES string of the molecule is CCCCCCCCC/C=C/CCCCCCC[N+](C(C)C(=O)O)(C(C)C(=O)O)C(C)C(=O)O. The van der Waals surface area contributed by atoms with Crippen molar-refractivity contribution in [1.82, 2.24) is 0 Å². The van der Waals surface area contributed by atoms with Gasteiger partial charge in [-0.05, 0) is 59.3 Å². The fourth-order valence-corrected chi connectivity index (χ4v) is 4.84. The molecule has 7 heteroatoms. The first-order valence-corrected chi connectivity index (χ1v) is 13.3. The summed E-state index contributed by atoms with van der Waals surface area (Å²) in [6.07, 6.45) is 20.6. The minimum absolute atomic E-state index is 0.215. The third-order valence-electron chi connectivity index (χ3n) is 7.29. The lowest BCUT2D eigenvalue weighted by molar-refractivity contribution is -0.968. The molecule has 0 fully saturated rings. The van der Waals surface area contributed by atoms with E-state index in [2.05, 4.69) is 19.1 Å². The molecule has 0 aliphatic carbocycles. The van der Waals surface area contributed by atoms with Gasteiger partial charge in [0.1, 0.15) is 0 Å². The number of hydrogen-bond donors (Lipinski definition) is 3. The molecule has 34 heavy (non-hydrogen) atoms. The smallest absolute Gasteiger partial charge is 0.362 e. The second kappa shape index (κ2) is 18.4. The fourth-order valence-electron chi connectivity index (χ4n) is 4.84. The molecule has 0 aromatic heterocycles. The molecule has 0 saturated carbocycles. The molecule has 7 nitrogen and oxygen atoms in total. The molecule has 0 rings (SSSR count). The van der Waals surface area contributed by atoms with Gasteiger partial charge in [-0.15, -0.1) is 0 Å². The topological polar surface area (TPSA) is 112 Å². The van der Waals surface area contributed by atoms with E-state index in [1.165, 1.54) is 65.7 Å². The molecule has 0 heterocycles. The van der Waals surface area contributed by atoms with Gasteiger partial charge >= 0.3 is 17.9 Å². The van der Waals surface area contributed by atoms with Crippen molar-refractivity contribution in [1.29, 1.82) is 0 Å². The van der Waals surface area contributed by atoms with Crippen molar-refractivity contribution in [3.63, 3.8) is 0 Å². The van der Waals surface area contributed by atoms with Crippen LogP contribution in [0.2, 0.25) is 0 Å². The van der Waals surface area contributed by atoms with Crippen LogP contribution in [0.15, 0.2) is 12.2 Å². The van der Waals surface area contributed by atoms with Crippen molar-refractivity contribution in [3.8, 4) is 0 Å². The predicted octanol–water partition coefficient (Wildman–Crippen LogP) is 6.26. The van der Waals surface area contributed by atoms with Gasteiger partial charge in [0.05, 0.1) is 6.54 Å². The molecular weight excluding hydrogens is 434 g/mol. The Labute approximate surface area is 206 Å². The molecule has 0 radical (unpaired) electrons. The number of carbonyl (C=O) groups is 3. The molecular formula is C27H50NO6+. The molecule has 3 unspecified atom stereocenters. The summed E-state index contributed by atoms with van der Waals surface area (Å²) >= 11 is 0. The highest BCUT2D eigenvalue weighted by Crippen LogP contribution is 2.27. The second-order valence-corrected chi connectivity index (χ2v) is 9.70. The van der Waals surface area contributed by atoms with Crippen LogP contribution in [0.1, 0.15) is 118 Å². The number of carboxylic acids is 3. The van der Waals surface area contributed by atoms with Gasteiger partial charge in [-0.1, -0.05) is 70.4 Å². The molecule has 0 aliphatic rings. The highest BCUT2D eigenvalue weighted by atomic mass is 16.4. The summed E-state index contributed by atoms with van der Waals surface area (Å²) in [6.45, 7) is 6.70. The van der Waals surface area contributed by atoms with E-state index in [9.17, 15) is 29.7 Å². The highest BCUT2D eigenvalue weighted by Gasteiger charge is 2.52. The minimum Gasteiger partial charge on any atom is -0.477 e. The predicted molar refractivity (Wildman–Crippen MR) is 136 cm³/mol. The van der Waals surface area contributed by atoms with E-state index < -0.39 is 40.5 Å². The summed E-state index contributed by atoms with van der Waals surface area (Å²) < 4.78 is -0.485. The Hall–Kier alpha value is -1.89. The molecule has 0 aliphatic heterocycles. The van der Waals surface area contributed by atoms with E-state index in [-0.39, 0.29) is 6.54 Å². The molecule has 0 saturated heterocycles. The monoisotopic (exact) mass is 484 g/mol. The molecule has 0 bridgehead atoms. The second-order valence-electron chi connectivity index (χ2n) is 9.70. The first-order valence-electron chi connectivity index (χ1n) is 13.3. The van der Waals surface area contributed by atoms with Gasteiger partial charge in [0.25, 0.3) is 0 Å². The van der Waals surface area contributed by atoms with Crippen LogP contribution in [0.25, 0.3) is 0 Å². The number of unbranched alkanes of at least 4 members (excludes halogenated alkanes) is 12. The van der Waals surface area contributed by atoms with E-state index in [0.29, 0.717) is 6.42 Å². The molecule has 3 N–H and O–H groups in total. The summed E-state index contributed by atoms with van der Waals surface area (Å²) in [7, 11) is 0. The van der Waals surface area contributed by atoms with Crippen LogP contribution in [0, 0.1) is 0 Å². The van der Waals surface area contributed by atoms with E-state index in [1.807, 2.05) is 0 Å². The lowest BCUT2D eigenvalue weighted by Crippen LogP contribution is -2.70. The first kappa shape index (κ1) is 32.1. The van der Waals surface area contributed by atoms with Crippen LogP contribution in [0.5, 0.6) is 0 Å². The zero-order valence-electron chi connectivity index (χ0n) is 22.0. The Bertz CT molecular complexity index is 568. The normalized spacial score (nSPS) is 16.1. The largest absolute Gasteiger partial charge is 0.477 e. The van der Waals surface area contributed by atoms with E-state index in [4.69, 9.17) is 0 Å². The van der Waals surface area contributed by atoms with E-state index >= 15 is 0 Å². The van der Waals surface area contributed by atoms with Crippen LogP contribution in [0.3, 0.4) is 0 Å². The van der Waals surface area contributed by atoms with Gasteiger partial charge in [0.2, 0.25) is 0 Å². The average molecular weight is 485 g/mol. The number of carboxylic acid groups (broad SMARTS) is 3. The highest BCUT2D eigenvalue weighted by molar-refractivity contribution is 5.77. The molecule has 0 amide bonds. The maximum Gasteiger partial charge on any atom is 0.362 e. The molecule has 0 aromatic rings. The molecule has 3 atom stereocenters. The Kier molecular flexibility index (Phi) is 17.4. The summed E-state index contributed by atoms with van der Waals surface area (Å²) in [5.74, 6) is -3.53. The van der Waals surface area contributed by atoms with Gasteiger partial charge in [0.15, 0.2) is 18.1 Å². The van der Waals surface area contributed by atoms with Crippen LogP contribution in [0.4, 0.5) is 0 Å². The Morgan fingerprint density at radius 2 is 0.912 bits per heavy atom. The Morgan fingerprint density at radius 3 is 1.26 bits per heavy atom. The molecule has 0 aromatic carbocycles. The van der Waals surface area contributed by atoms with Crippen molar-refractivity contribution in [2.45, 2.75) is 136 Å². The first-order chi connectivity index (χ1) is 16.1.